The van der Waals surface area contributed by atoms with Crippen LogP contribution in [0.3, 0.4) is 0 Å². The van der Waals surface area contributed by atoms with Crippen molar-refractivity contribution >= 4 is 5.97 Å². The SMILES string of the molecule is [N-]=[N+]=N[C@H]1C=C[C@@H](C(=O)O)C1. The number of azide groups is 1. The Morgan fingerprint density at radius 2 is 2.45 bits per heavy atom. The second-order valence-electron chi connectivity index (χ2n) is 2.34. The third-order valence-electron chi connectivity index (χ3n) is 1.58. The Labute approximate surface area is 63.0 Å². The Morgan fingerprint density at radius 1 is 1.73 bits per heavy atom. The summed E-state index contributed by atoms with van der Waals surface area (Å²) in [5, 5.41) is 11.9. The summed E-state index contributed by atoms with van der Waals surface area (Å²) in [7, 11) is 0. The molecule has 1 N–H and O–H groups in total. The largest absolute Gasteiger partial charge is 0.481 e. The number of carbonyl (C=O) groups is 1. The second-order valence-corrected chi connectivity index (χ2v) is 2.34. The van der Waals surface area contributed by atoms with Gasteiger partial charge in [-0.3, -0.25) is 4.79 Å². The number of aliphatic carboxylic acids is 1. The summed E-state index contributed by atoms with van der Waals surface area (Å²) in [6, 6.07) is -0.277. The molecule has 1 aliphatic rings. The first kappa shape index (κ1) is 7.63. The summed E-state index contributed by atoms with van der Waals surface area (Å²) < 4.78 is 0. The first-order valence-electron chi connectivity index (χ1n) is 3.19. The van der Waals surface area contributed by atoms with Crippen molar-refractivity contribution in [2.24, 2.45) is 11.0 Å². The monoisotopic (exact) mass is 153 g/mol. The molecule has 0 saturated carbocycles. The molecule has 0 fully saturated rings. The molecule has 0 amide bonds. The zero-order valence-corrected chi connectivity index (χ0v) is 5.71. The predicted molar refractivity (Wildman–Crippen MR) is 37.8 cm³/mol. The number of rotatable bonds is 2. The Balaban J connectivity index is 2.55. The molecule has 0 heterocycles. The van der Waals surface area contributed by atoms with Gasteiger partial charge in [-0.05, 0) is 12.0 Å². The van der Waals surface area contributed by atoms with Crippen molar-refractivity contribution < 1.29 is 9.90 Å². The van der Waals surface area contributed by atoms with E-state index in [2.05, 4.69) is 10.0 Å². The summed E-state index contributed by atoms with van der Waals surface area (Å²) >= 11 is 0. The quantitative estimate of drug-likeness (QED) is 0.281. The Hall–Kier alpha value is -1.48. The van der Waals surface area contributed by atoms with Crippen LogP contribution < -0.4 is 0 Å². The van der Waals surface area contributed by atoms with Gasteiger partial charge in [0.2, 0.25) is 0 Å². The van der Waals surface area contributed by atoms with E-state index in [-0.39, 0.29) is 6.04 Å². The number of carboxylic acids is 1. The minimum Gasteiger partial charge on any atom is -0.481 e. The summed E-state index contributed by atoms with van der Waals surface area (Å²) in [6.45, 7) is 0. The van der Waals surface area contributed by atoms with Gasteiger partial charge in [-0.25, -0.2) is 0 Å². The highest BCUT2D eigenvalue weighted by Crippen LogP contribution is 2.20. The molecule has 58 valence electrons. The molecule has 0 aliphatic heterocycles. The lowest BCUT2D eigenvalue weighted by Gasteiger charge is -2.00. The van der Waals surface area contributed by atoms with E-state index in [4.69, 9.17) is 10.6 Å². The molecule has 0 aromatic heterocycles. The van der Waals surface area contributed by atoms with Gasteiger partial charge in [-0.2, -0.15) is 0 Å². The average molecular weight is 153 g/mol. The van der Waals surface area contributed by atoms with Crippen LogP contribution in [0.25, 0.3) is 10.4 Å². The van der Waals surface area contributed by atoms with E-state index in [1.807, 2.05) is 0 Å². The van der Waals surface area contributed by atoms with Crippen molar-refractivity contribution in [2.45, 2.75) is 12.5 Å². The lowest BCUT2D eigenvalue weighted by Crippen LogP contribution is -2.10. The van der Waals surface area contributed by atoms with E-state index in [1.54, 1.807) is 12.2 Å². The summed E-state index contributed by atoms with van der Waals surface area (Å²) in [4.78, 5) is 13.0. The van der Waals surface area contributed by atoms with Crippen LogP contribution in [0.1, 0.15) is 6.42 Å². The second kappa shape index (κ2) is 3.07. The normalized spacial score (nSPS) is 28.0. The lowest BCUT2D eigenvalue weighted by molar-refractivity contribution is -0.140. The lowest BCUT2D eigenvalue weighted by atomic mass is 10.1. The van der Waals surface area contributed by atoms with Crippen LogP contribution in [0.2, 0.25) is 0 Å². The first-order chi connectivity index (χ1) is 5.24. The van der Waals surface area contributed by atoms with Gasteiger partial charge in [-0.15, -0.1) is 0 Å². The molecule has 5 nitrogen and oxygen atoms in total. The van der Waals surface area contributed by atoms with Gasteiger partial charge >= 0.3 is 5.97 Å². The number of hydrogen-bond donors (Lipinski definition) is 1. The van der Waals surface area contributed by atoms with Crippen molar-refractivity contribution in [2.75, 3.05) is 0 Å². The molecular weight excluding hydrogens is 146 g/mol. The molecule has 0 bridgehead atoms. The van der Waals surface area contributed by atoms with Gasteiger partial charge in [0, 0.05) is 4.91 Å². The minimum atomic E-state index is -0.864. The highest BCUT2D eigenvalue weighted by molar-refractivity contribution is 5.73. The summed E-state index contributed by atoms with van der Waals surface area (Å²) in [5.41, 5.74) is 8.03. The molecule has 2 atom stereocenters. The summed E-state index contributed by atoms with van der Waals surface area (Å²) in [6.07, 6.45) is 3.57. The van der Waals surface area contributed by atoms with Crippen molar-refractivity contribution in [3.63, 3.8) is 0 Å². The predicted octanol–water partition coefficient (Wildman–Crippen LogP) is 1.33. The fraction of sp³-hybridized carbons (Fsp3) is 0.500. The fourth-order valence-corrected chi connectivity index (χ4v) is 1.01. The third-order valence-corrected chi connectivity index (χ3v) is 1.58. The molecule has 11 heavy (non-hydrogen) atoms. The molecule has 0 radical (unpaired) electrons. The highest BCUT2D eigenvalue weighted by Gasteiger charge is 2.22. The van der Waals surface area contributed by atoms with E-state index in [0.29, 0.717) is 6.42 Å². The van der Waals surface area contributed by atoms with Gasteiger partial charge in [0.25, 0.3) is 0 Å². The van der Waals surface area contributed by atoms with Crippen molar-refractivity contribution in [3.05, 3.63) is 22.6 Å². The molecule has 1 aliphatic carbocycles. The van der Waals surface area contributed by atoms with Gasteiger partial charge in [0.1, 0.15) is 0 Å². The molecule has 0 aromatic rings. The van der Waals surface area contributed by atoms with Crippen LogP contribution in [0.15, 0.2) is 17.3 Å². The Morgan fingerprint density at radius 3 is 2.91 bits per heavy atom. The van der Waals surface area contributed by atoms with Crippen LogP contribution >= 0.6 is 0 Å². The molecule has 0 unspecified atom stereocenters. The first-order valence-corrected chi connectivity index (χ1v) is 3.19. The van der Waals surface area contributed by atoms with Crippen LogP contribution in [0.5, 0.6) is 0 Å². The zero-order valence-electron chi connectivity index (χ0n) is 5.71. The van der Waals surface area contributed by atoms with Crippen LogP contribution in [-0.4, -0.2) is 17.1 Å². The molecular formula is C6H7N3O2. The molecule has 0 spiro atoms. The van der Waals surface area contributed by atoms with Crippen molar-refractivity contribution in [1.29, 1.82) is 0 Å². The molecule has 5 heteroatoms. The summed E-state index contributed by atoms with van der Waals surface area (Å²) in [5.74, 6) is -1.35. The standard InChI is InChI=1S/C6H7N3O2/c7-9-8-5-2-1-4(3-5)6(10)11/h1-2,4-5H,3H2,(H,10,11)/t4-,5+/m1/s1. The minimum absolute atomic E-state index is 0.277. The Kier molecular flexibility index (Phi) is 2.13. The topological polar surface area (TPSA) is 86.1 Å². The van der Waals surface area contributed by atoms with E-state index >= 15 is 0 Å². The average Bonchev–Trinajstić information content (AvgIpc) is 2.37. The maximum atomic E-state index is 10.4. The molecule has 1 rings (SSSR count). The molecule has 0 aromatic carbocycles. The van der Waals surface area contributed by atoms with E-state index in [9.17, 15) is 4.79 Å². The number of carboxylic acid groups (broad SMARTS) is 1. The maximum Gasteiger partial charge on any atom is 0.310 e. The van der Waals surface area contributed by atoms with Crippen LogP contribution in [-0.2, 0) is 4.79 Å². The Bertz CT molecular complexity index is 232. The fourth-order valence-electron chi connectivity index (χ4n) is 1.01. The van der Waals surface area contributed by atoms with Crippen molar-refractivity contribution in [1.82, 2.24) is 0 Å². The van der Waals surface area contributed by atoms with Gasteiger partial charge in [0.05, 0.1) is 12.0 Å². The van der Waals surface area contributed by atoms with E-state index in [1.165, 1.54) is 0 Å². The van der Waals surface area contributed by atoms with Crippen LogP contribution in [0.4, 0.5) is 0 Å². The zero-order chi connectivity index (χ0) is 8.27. The van der Waals surface area contributed by atoms with Gasteiger partial charge in [0.15, 0.2) is 0 Å². The van der Waals surface area contributed by atoms with Crippen LogP contribution in [0, 0.1) is 5.92 Å². The molecule has 0 saturated heterocycles. The van der Waals surface area contributed by atoms with Crippen molar-refractivity contribution in [3.8, 4) is 0 Å². The highest BCUT2D eigenvalue weighted by atomic mass is 16.4. The van der Waals surface area contributed by atoms with E-state index < -0.39 is 11.9 Å². The smallest absolute Gasteiger partial charge is 0.310 e. The third kappa shape index (κ3) is 1.72. The van der Waals surface area contributed by atoms with Gasteiger partial charge in [-0.1, -0.05) is 17.3 Å². The number of hydrogen-bond acceptors (Lipinski definition) is 2. The van der Waals surface area contributed by atoms with E-state index in [0.717, 1.165) is 0 Å². The van der Waals surface area contributed by atoms with Gasteiger partial charge < -0.3 is 5.11 Å². The number of nitrogens with zero attached hydrogens (tertiary/aromatic N) is 3. The maximum absolute atomic E-state index is 10.4.